The maximum Gasteiger partial charge on any atom is 0.416 e. The van der Waals surface area contributed by atoms with Gasteiger partial charge in [-0.3, -0.25) is 0 Å². The van der Waals surface area contributed by atoms with Crippen LogP contribution in [-0.2, 0) is 6.18 Å². The zero-order chi connectivity index (χ0) is 12.5. The summed E-state index contributed by atoms with van der Waals surface area (Å²) >= 11 is 0. The van der Waals surface area contributed by atoms with Gasteiger partial charge < -0.3 is 10.1 Å². The normalized spacial score (nSPS) is 20.6. The fraction of sp³-hybridized carbons (Fsp3) is 0.500. The van der Waals surface area contributed by atoms with Crippen LogP contribution in [0.25, 0.3) is 0 Å². The average Bonchev–Trinajstić information content (AvgIpc) is 2.80. The van der Waals surface area contributed by atoms with E-state index < -0.39 is 11.7 Å². The molecule has 94 valence electrons. The molecule has 1 aromatic rings. The molecule has 0 aliphatic carbocycles. The smallest absolute Gasteiger partial charge is 0.416 e. The highest BCUT2D eigenvalue weighted by Gasteiger charge is 2.37. The maximum atomic E-state index is 12.9. The molecular formula is C12H14F3NO. The molecular weight excluding hydrogens is 231 g/mol. The van der Waals surface area contributed by atoms with Crippen LogP contribution in [0.4, 0.5) is 13.2 Å². The van der Waals surface area contributed by atoms with E-state index in [1.807, 2.05) is 0 Å². The van der Waals surface area contributed by atoms with E-state index in [4.69, 9.17) is 4.74 Å². The Bertz CT molecular complexity index is 397. The molecule has 0 bridgehead atoms. The molecule has 5 heteroatoms. The summed E-state index contributed by atoms with van der Waals surface area (Å²) in [5.74, 6) is 0.205. The molecule has 1 heterocycles. The Labute approximate surface area is 97.8 Å². The van der Waals surface area contributed by atoms with E-state index in [1.54, 1.807) is 6.07 Å². The molecule has 1 aliphatic heterocycles. The monoisotopic (exact) mass is 245 g/mol. The molecule has 1 aliphatic rings. The molecule has 0 amide bonds. The van der Waals surface area contributed by atoms with E-state index in [9.17, 15) is 13.2 Å². The Morgan fingerprint density at radius 2 is 2.12 bits per heavy atom. The van der Waals surface area contributed by atoms with Crippen LogP contribution in [0.1, 0.15) is 23.5 Å². The van der Waals surface area contributed by atoms with Gasteiger partial charge in [0.25, 0.3) is 0 Å². The van der Waals surface area contributed by atoms with Crippen LogP contribution in [-0.4, -0.2) is 20.2 Å². The fourth-order valence-corrected chi connectivity index (χ4v) is 2.29. The predicted octanol–water partition coefficient (Wildman–Crippen LogP) is 2.79. The lowest BCUT2D eigenvalue weighted by atomic mass is 9.92. The molecule has 1 saturated heterocycles. The molecule has 0 spiro atoms. The first-order chi connectivity index (χ1) is 8.04. The number of halogens is 3. The molecule has 2 nitrogen and oxygen atoms in total. The number of benzene rings is 1. The van der Waals surface area contributed by atoms with Gasteiger partial charge in [0.2, 0.25) is 0 Å². The van der Waals surface area contributed by atoms with Crippen LogP contribution in [0.3, 0.4) is 0 Å². The number of alkyl halides is 3. The molecule has 0 aromatic heterocycles. The van der Waals surface area contributed by atoms with Gasteiger partial charge in [-0.25, -0.2) is 0 Å². The van der Waals surface area contributed by atoms with Crippen molar-refractivity contribution in [3.63, 3.8) is 0 Å². The average molecular weight is 245 g/mol. The topological polar surface area (TPSA) is 21.3 Å². The van der Waals surface area contributed by atoms with Crippen molar-refractivity contribution >= 4 is 0 Å². The van der Waals surface area contributed by atoms with Crippen molar-refractivity contribution in [3.8, 4) is 5.75 Å². The molecule has 1 aromatic carbocycles. The number of methoxy groups -OCH3 is 1. The minimum Gasteiger partial charge on any atom is -0.496 e. The summed E-state index contributed by atoms with van der Waals surface area (Å²) in [7, 11) is 1.40. The first kappa shape index (κ1) is 12.2. The Kier molecular flexibility index (Phi) is 3.28. The predicted molar refractivity (Wildman–Crippen MR) is 58.2 cm³/mol. The number of rotatable bonds is 2. The van der Waals surface area contributed by atoms with Crippen LogP contribution in [0.15, 0.2) is 18.2 Å². The molecule has 1 N–H and O–H groups in total. The van der Waals surface area contributed by atoms with Gasteiger partial charge in [-0.15, -0.1) is 0 Å². The third-order valence-corrected chi connectivity index (χ3v) is 3.06. The lowest BCUT2D eigenvalue weighted by Gasteiger charge is -2.20. The van der Waals surface area contributed by atoms with Crippen molar-refractivity contribution in [2.24, 2.45) is 0 Å². The van der Waals surface area contributed by atoms with Crippen molar-refractivity contribution in [2.75, 3.05) is 20.2 Å². The van der Waals surface area contributed by atoms with Crippen LogP contribution in [0, 0.1) is 0 Å². The SMILES string of the molecule is COc1cccc(C(F)(F)F)c1C1CCNC1. The Balaban J connectivity index is 2.51. The van der Waals surface area contributed by atoms with Crippen molar-refractivity contribution in [3.05, 3.63) is 29.3 Å². The van der Waals surface area contributed by atoms with E-state index in [2.05, 4.69) is 5.32 Å². The maximum absolute atomic E-state index is 12.9. The van der Waals surface area contributed by atoms with E-state index in [0.29, 0.717) is 18.7 Å². The molecule has 17 heavy (non-hydrogen) atoms. The summed E-state index contributed by atoms with van der Waals surface area (Å²) in [5, 5.41) is 3.08. The van der Waals surface area contributed by atoms with Gasteiger partial charge >= 0.3 is 6.18 Å². The van der Waals surface area contributed by atoms with Gasteiger partial charge in [0.15, 0.2) is 0 Å². The van der Waals surface area contributed by atoms with Crippen LogP contribution in [0.2, 0.25) is 0 Å². The first-order valence-electron chi connectivity index (χ1n) is 5.49. The highest BCUT2D eigenvalue weighted by Crippen LogP contribution is 2.41. The second kappa shape index (κ2) is 4.56. The Morgan fingerprint density at radius 3 is 2.65 bits per heavy atom. The highest BCUT2D eigenvalue weighted by molar-refractivity contribution is 5.45. The Morgan fingerprint density at radius 1 is 1.35 bits per heavy atom. The summed E-state index contributed by atoms with van der Waals surface area (Å²) in [6, 6.07) is 4.09. The Hall–Kier alpha value is -1.23. The number of hydrogen-bond donors (Lipinski definition) is 1. The van der Waals surface area contributed by atoms with Gasteiger partial charge in [0.1, 0.15) is 5.75 Å². The molecule has 0 saturated carbocycles. The molecule has 0 radical (unpaired) electrons. The number of hydrogen-bond acceptors (Lipinski definition) is 2. The number of ether oxygens (including phenoxy) is 1. The van der Waals surface area contributed by atoms with E-state index in [0.717, 1.165) is 12.6 Å². The molecule has 2 rings (SSSR count). The van der Waals surface area contributed by atoms with E-state index >= 15 is 0 Å². The third-order valence-electron chi connectivity index (χ3n) is 3.06. The summed E-state index contributed by atoms with van der Waals surface area (Å²) < 4.78 is 43.9. The van der Waals surface area contributed by atoms with Gasteiger partial charge in [-0.05, 0) is 25.1 Å². The van der Waals surface area contributed by atoms with E-state index in [1.165, 1.54) is 13.2 Å². The lowest BCUT2D eigenvalue weighted by Crippen LogP contribution is -2.15. The van der Waals surface area contributed by atoms with Crippen molar-refractivity contribution in [1.29, 1.82) is 0 Å². The van der Waals surface area contributed by atoms with Gasteiger partial charge in [-0.2, -0.15) is 13.2 Å². The fourth-order valence-electron chi connectivity index (χ4n) is 2.29. The van der Waals surface area contributed by atoms with E-state index in [-0.39, 0.29) is 11.5 Å². The standard InChI is InChI=1S/C12H14F3NO/c1-17-10-4-2-3-9(12(13,14)15)11(10)8-5-6-16-7-8/h2-4,8,16H,5-7H2,1H3. The van der Waals surface area contributed by atoms with Gasteiger partial charge in [0.05, 0.1) is 12.7 Å². The zero-order valence-corrected chi connectivity index (χ0v) is 9.47. The van der Waals surface area contributed by atoms with Gasteiger partial charge in [0, 0.05) is 18.0 Å². The van der Waals surface area contributed by atoms with Crippen LogP contribution >= 0.6 is 0 Å². The molecule has 1 atom stereocenters. The molecule has 1 fully saturated rings. The number of nitrogens with one attached hydrogen (secondary N) is 1. The quantitative estimate of drug-likeness (QED) is 0.865. The minimum atomic E-state index is -4.33. The molecule has 1 unspecified atom stereocenters. The van der Waals surface area contributed by atoms with Crippen molar-refractivity contribution in [1.82, 2.24) is 5.32 Å². The minimum absolute atomic E-state index is 0.122. The third kappa shape index (κ3) is 2.39. The lowest BCUT2D eigenvalue weighted by molar-refractivity contribution is -0.138. The second-order valence-electron chi connectivity index (χ2n) is 4.11. The van der Waals surface area contributed by atoms with Crippen LogP contribution in [0.5, 0.6) is 5.75 Å². The largest absolute Gasteiger partial charge is 0.496 e. The van der Waals surface area contributed by atoms with Crippen molar-refractivity contribution in [2.45, 2.75) is 18.5 Å². The summed E-state index contributed by atoms with van der Waals surface area (Å²) in [4.78, 5) is 0. The van der Waals surface area contributed by atoms with Crippen molar-refractivity contribution < 1.29 is 17.9 Å². The highest BCUT2D eigenvalue weighted by atomic mass is 19.4. The zero-order valence-electron chi connectivity index (χ0n) is 9.47. The summed E-state index contributed by atoms with van der Waals surface area (Å²) in [6.45, 7) is 1.32. The first-order valence-corrected chi connectivity index (χ1v) is 5.49. The van der Waals surface area contributed by atoms with Crippen LogP contribution < -0.4 is 10.1 Å². The second-order valence-corrected chi connectivity index (χ2v) is 4.11. The summed E-state index contributed by atoms with van der Waals surface area (Å²) in [6.07, 6.45) is -3.62. The van der Waals surface area contributed by atoms with Gasteiger partial charge in [-0.1, -0.05) is 6.07 Å². The summed E-state index contributed by atoms with van der Waals surface area (Å²) in [5.41, 5.74) is -0.293.